The van der Waals surface area contributed by atoms with Crippen molar-refractivity contribution in [3.05, 3.63) is 32.8 Å². The summed E-state index contributed by atoms with van der Waals surface area (Å²) >= 11 is 17.6. The molecule has 1 rings (SSSR count). The van der Waals surface area contributed by atoms with Gasteiger partial charge >= 0.3 is 0 Å². The largest absolute Gasteiger partial charge is 0.0843 e. The summed E-state index contributed by atoms with van der Waals surface area (Å²) in [5, 5.41) is 1.73. The van der Waals surface area contributed by atoms with E-state index >= 15 is 0 Å². The van der Waals surface area contributed by atoms with Gasteiger partial charge in [0.05, 0.1) is 10.0 Å². The Morgan fingerprint density at radius 3 is 2.42 bits per heavy atom. The molecule has 0 atom stereocenters. The van der Waals surface area contributed by atoms with Crippen molar-refractivity contribution >= 4 is 45.0 Å². The minimum Gasteiger partial charge on any atom is -0.0843 e. The van der Waals surface area contributed by atoms with Crippen LogP contribution in [0.25, 0.3) is 0 Å². The maximum atomic E-state index is 5.93. The molecule has 0 heterocycles. The van der Waals surface area contributed by atoms with Gasteiger partial charge in [-0.05, 0) is 24.1 Å². The van der Waals surface area contributed by atoms with Crippen LogP contribution in [0.15, 0.2) is 12.1 Å². The number of halogens is 3. The summed E-state index contributed by atoms with van der Waals surface area (Å²) in [4.78, 5) is 0. The number of hydrogen-bond acceptors (Lipinski definition) is 0. The summed E-state index contributed by atoms with van der Waals surface area (Å²) in [7, 11) is 3.37. The zero-order valence-electron chi connectivity index (χ0n) is 6.20. The van der Waals surface area contributed by atoms with Crippen LogP contribution in [0.3, 0.4) is 0 Å². The van der Waals surface area contributed by atoms with E-state index in [1.165, 1.54) is 0 Å². The normalized spacial score (nSPS) is 10.3. The highest BCUT2D eigenvalue weighted by molar-refractivity contribution is 6.43. The first-order valence-corrected chi connectivity index (χ1v) is 5.27. The van der Waals surface area contributed by atoms with Gasteiger partial charge in [0.25, 0.3) is 0 Å². The summed E-state index contributed by atoms with van der Waals surface area (Å²) in [5.41, 5.74) is 0.976. The summed E-state index contributed by atoms with van der Waals surface area (Å²) in [6.45, 7) is 0. The van der Waals surface area contributed by atoms with Crippen molar-refractivity contribution in [2.75, 3.05) is 0 Å². The Hall–Kier alpha value is 0.307. The van der Waals surface area contributed by atoms with Gasteiger partial charge in [-0.25, -0.2) is 0 Å². The average molecular weight is 237 g/mol. The molecule has 1 aromatic rings. The summed E-state index contributed by atoms with van der Waals surface area (Å²) in [6, 6.07) is 4.31. The zero-order chi connectivity index (χ0) is 9.14. The van der Waals surface area contributed by atoms with Crippen molar-refractivity contribution in [3.63, 3.8) is 0 Å². The summed E-state index contributed by atoms with van der Waals surface area (Å²) < 4.78 is 0. The van der Waals surface area contributed by atoms with Gasteiger partial charge in [0.15, 0.2) is 0 Å². The molecule has 0 N–H and O–H groups in total. The lowest BCUT2D eigenvalue weighted by molar-refractivity contribution is 1.13. The number of rotatable bonds is 2. The van der Waals surface area contributed by atoms with Crippen LogP contribution in [0, 0.1) is 0 Å². The first-order valence-electron chi connectivity index (χ1n) is 3.43. The van der Waals surface area contributed by atoms with Crippen LogP contribution in [-0.2, 0) is 6.42 Å². The van der Waals surface area contributed by atoms with Gasteiger partial charge < -0.3 is 0 Å². The molecule has 0 aliphatic rings. The fraction of sp³-hybridized carbons (Fsp3) is 0.250. The van der Waals surface area contributed by atoms with E-state index < -0.39 is 0 Å². The minimum atomic E-state index is 0.513. The van der Waals surface area contributed by atoms with E-state index in [0.717, 1.165) is 18.0 Å². The van der Waals surface area contributed by atoms with Crippen LogP contribution in [0.5, 0.6) is 0 Å². The fourth-order valence-corrected chi connectivity index (χ4v) is 1.93. The van der Waals surface area contributed by atoms with Crippen LogP contribution in [-0.4, -0.2) is 10.2 Å². The van der Waals surface area contributed by atoms with Crippen molar-refractivity contribution in [3.8, 4) is 0 Å². The topological polar surface area (TPSA) is 0 Å². The molecular formula is C8H6Cl3Si. The highest BCUT2D eigenvalue weighted by Crippen LogP contribution is 2.30. The van der Waals surface area contributed by atoms with Crippen LogP contribution in [0.4, 0.5) is 0 Å². The monoisotopic (exact) mass is 235 g/mol. The van der Waals surface area contributed by atoms with Gasteiger partial charge in [-0.1, -0.05) is 40.8 Å². The summed E-state index contributed by atoms with van der Waals surface area (Å²) in [6.07, 6.45) is 0.829. The number of hydrogen-bond donors (Lipinski definition) is 0. The predicted molar refractivity (Wildman–Crippen MR) is 55.7 cm³/mol. The van der Waals surface area contributed by atoms with E-state index in [2.05, 4.69) is 10.2 Å². The van der Waals surface area contributed by atoms with Crippen LogP contribution in [0.1, 0.15) is 5.56 Å². The Balaban J connectivity index is 3.09. The second kappa shape index (κ2) is 4.52. The molecule has 1 aromatic carbocycles. The molecule has 0 aromatic heterocycles. The van der Waals surface area contributed by atoms with Gasteiger partial charge in [-0.2, -0.15) is 0 Å². The quantitative estimate of drug-likeness (QED) is 0.542. The Bertz CT molecular complexity index is 286. The Labute approximate surface area is 90.2 Å². The van der Waals surface area contributed by atoms with E-state index in [1.807, 2.05) is 6.07 Å². The first-order chi connectivity index (χ1) is 5.65. The van der Waals surface area contributed by atoms with Gasteiger partial charge in [0.2, 0.25) is 0 Å². The highest BCUT2D eigenvalue weighted by Gasteiger charge is 2.05. The third-order valence-electron chi connectivity index (χ3n) is 1.46. The van der Waals surface area contributed by atoms with Gasteiger partial charge in [0, 0.05) is 15.3 Å². The molecule has 0 aliphatic carbocycles. The maximum Gasteiger partial charge on any atom is 0.0625 e. The molecule has 3 radical (unpaired) electrons. The van der Waals surface area contributed by atoms with Crippen LogP contribution < -0.4 is 0 Å². The van der Waals surface area contributed by atoms with Gasteiger partial charge in [-0.3, -0.25) is 0 Å². The molecule has 0 spiro atoms. The molecule has 0 saturated heterocycles. The lowest BCUT2D eigenvalue weighted by atomic mass is 10.2. The smallest absolute Gasteiger partial charge is 0.0625 e. The lowest BCUT2D eigenvalue weighted by Gasteiger charge is -2.04. The first kappa shape index (κ1) is 10.4. The standard InChI is InChI=1S/C8H6Cl3Si/c9-6-3-5(1-2-12)8(11)7(10)4-6/h3-4H,1-2H2. The SMILES string of the molecule is [Si]CCc1cc(Cl)cc(Cl)c1Cl. The molecule has 12 heavy (non-hydrogen) atoms. The van der Waals surface area contributed by atoms with E-state index in [9.17, 15) is 0 Å². The Morgan fingerprint density at radius 2 is 1.83 bits per heavy atom. The number of benzene rings is 1. The van der Waals surface area contributed by atoms with Crippen molar-refractivity contribution in [1.29, 1.82) is 0 Å². The van der Waals surface area contributed by atoms with Gasteiger partial charge in [0.1, 0.15) is 0 Å². The van der Waals surface area contributed by atoms with E-state index in [4.69, 9.17) is 34.8 Å². The fourth-order valence-electron chi connectivity index (χ4n) is 0.926. The van der Waals surface area contributed by atoms with Crippen molar-refractivity contribution < 1.29 is 0 Å². The molecular weight excluding hydrogens is 231 g/mol. The van der Waals surface area contributed by atoms with Gasteiger partial charge in [-0.15, -0.1) is 0 Å². The third kappa shape index (κ3) is 2.40. The molecule has 0 bridgehead atoms. The molecule has 63 valence electrons. The van der Waals surface area contributed by atoms with Crippen LogP contribution in [0.2, 0.25) is 21.1 Å². The molecule has 0 nitrogen and oxygen atoms in total. The second-order valence-electron chi connectivity index (χ2n) is 2.36. The van der Waals surface area contributed by atoms with Crippen LogP contribution >= 0.6 is 34.8 Å². The molecule has 4 heteroatoms. The van der Waals surface area contributed by atoms with E-state index in [-0.39, 0.29) is 0 Å². The molecule has 0 saturated carbocycles. The Morgan fingerprint density at radius 1 is 1.17 bits per heavy atom. The van der Waals surface area contributed by atoms with Crippen molar-refractivity contribution in [2.45, 2.75) is 12.5 Å². The highest BCUT2D eigenvalue weighted by atomic mass is 35.5. The molecule has 0 unspecified atom stereocenters. The Kier molecular flexibility index (Phi) is 3.91. The third-order valence-corrected chi connectivity index (χ3v) is 2.77. The zero-order valence-corrected chi connectivity index (χ0v) is 9.47. The predicted octanol–water partition coefficient (Wildman–Crippen LogP) is 3.78. The second-order valence-corrected chi connectivity index (χ2v) is 4.08. The van der Waals surface area contributed by atoms with E-state index in [1.54, 1.807) is 6.07 Å². The van der Waals surface area contributed by atoms with E-state index in [0.29, 0.717) is 15.1 Å². The minimum absolute atomic E-state index is 0.513. The summed E-state index contributed by atoms with van der Waals surface area (Å²) in [5.74, 6) is 0. The average Bonchev–Trinajstić information content (AvgIpc) is 2.00. The molecule has 0 fully saturated rings. The number of aryl methyl sites for hydroxylation is 1. The lowest BCUT2D eigenvalue weighted by Crippen LogP contribution is -1.86. The maximum absolute atomic E-state index is 5.93. The van der Waals surface area contributed by atoms with Crippen molar-refractivity contribution in [2.24, 2.45) is 0 Å². The molecule has 0 aliphatic heterocycles. The molecule has 0 amide bonds. The van der Waals surface area contributed by atoms with Crippen molar-refractivity contribution in [1.82, 2.24) is 0 Å².